The minimum Gasteiger partial charge on any atom is -0.497 e. The second-order valence-corrected chi connectivity index (χ2v) is 7.84. The summed E-state index contributed by atoms with van der Waals surface area (Å²) in [4.78, 5) is 3.16. The summed E-state index contributed by atoms with van der Waals surface area (Å²) in [6.07, 6.45) is -3.59. The summed E-state index contributed by atoms with van der Waals surface area (Å²) in [6, 6.07) is 12.9. The Morgan fingerprint density at radius 3 is 2.50 bits per heavy atom. The number of aryl methyl sites for hydroxylation is 2. The predicted molar refractivity (Wildman–Crippen MR) is 114 cm³/mol. The van der Waals surface area contributed by atoms with Gasteiger partial charge in [0.1, 0.15) is 23.7 Å². The van der Waals surface area contributed by atoms with Gasteiger partial charge in [-0.15, -0.1) is 0 Å². The van der Waals surface area contributed by atoms with Crippen molar-refractivity contribution >= 4 is 10.9 Å². The number of nitrogens with one attached hydrogen (secondary N) is 1. The minimum atomic E-state index is -2.64. The van der Waals surface area contributed by atoms with Gasteiger partial charge in [-0.05, 0) is 48.2 Å². The number of hydrogen-bond donors (Lipinski definition) is 6. The molecule has 172 valence electrons. The molecular formula is C23H27NO8. The van der Waals surface area contributed by atoms with E-state index in [1.807, 2.05) is 36.5 Å². The third-order valence-corrected chi connectivity index (χ3v) is 5.83. The lowest BCUT2D eigenvalue weighted by molar-refractivity contribution is -0.385. The van der Waals surface area contributed by atoms with Gasteiger partial charge in [0.15, 0.2) is 6.10 Å². The summed E-state index contributed by atoms with van der Waals surface area (Å²) in [7, 11) is 1.62. The van der Waals surface area contributed by atoms with E-state index in [1.165, 1.54) is 0 Å². The Bertz CT molecular complexity index is 1050. The average Bonchev–Trinajstić information content (AvgIpc) is 3.23. The van der Waals surface area contributed by atoms with Gasteiger partial charge >= 0.3 is 0 Å². The van der Waals surface area contributed by atoms with Gasteiger partial charge in [-0.3, -0.25) is 0 Å². The van der Waals surface area contributed by atoms with Crippen LogP contribution >= 0.6 is 0 Å². The summed E-state index contributed by atoms with van der Waals surface area (Å²) >= 11 is 0. The molecule has 4 rings (SSSR count). The summed E-state index contributed by atoms with van der Waals surface area (Å²) in [5.74, 6) is -1.65. The molecule has 9 heteroatoms. The van der Waals surface area contributed by atoms with Crippen LogP contribution in [0.2, 0.25) is 0 Å². The van der Waals surface area contributed by atoms with Crippen molar-refractivity contribution in [1.29, 1.82) is 0 Å². The van der Waals surface area contributed by atoms with Crippen molar-refractivity contribution in [3.05, 3.63) is 59.8 Å². The molecule has 0 aliphatic carbocycles. The second-order valence-electron chi connectivity index (χ2n) is 7.84. The molecule has 0 radical (unpaired) electrons. The maximum absolute atomic E-state index is 10.9. The number of methoxy groups -OCH3 is 1. The number of aliphatic hydroxyl groups excluding tert-OH is 4. The van der Waals surface area contributed by atoms with E-state index in [1.54, 1.807) is 19.2 Å². The van der Waals surface area contributed by atoms with Crippen LogP contribution in [0, 0.1) is 0 Å². The van der Waals surface area contributed by atoms with Crippen LogP contribution in [0.4, 0.5) is 0 Å². The van der Waals surface area contributed by atoms with Crippen LogP contribution in [0.5, 0.6) is 11.5 Å². The van der Waals surface area contributed by atoms with E-state index in [9.17, 15) is 25.5 Å². The van der Waals surface area contributed by atoms with Crippen molar-refractivity contribution in [3.63, 3.8) is 0 Å². The highest BCUT2D eigenvalue weighted by atomic mass is 16.7. The van der Waals surface area contributed by atoms with E-state index in [0.29, 0.717) is 11.8 Å². The van der Waals surface area contributed by atoms with E-state index in [4.69, 9.17) is 14.2 Å². The number of hydrogen-bond acceptors (Lipinski definition) is 8. The van der Waals surface area contributed by atoms with Gasteiger partial charge in [-0.25, -0.2) is 0 Å². The largest absolute Gasteiger partial charge is 0.497 e. The van der Waals surface area contributed by atoms with Crippen LogP contribution in [0.15, 0.2) is 48.7 Å². The molecule has 0 bridgehead atoms. The molecule has 0 spiro atoms. The topological polar surface area (TPSA) is 145 Å². The molecule has 1 aromatic heterocycles. The zero-order chi connectivity index (χ0) is 22.9. The Morgan fingerprint density at radius 2 is 1.81 bits per heavy atom. The molecule has 9 nitrogen and oxygen atoms in total. The van der Waals surface area contributed by atoms with Gasteiger partial charge in [0, 0.05) is 17.1 Å². The maximum atomic E-state index is 10.9. The molecule has 5 atom stereocenters. The van der Waals surface area contributed by atoms with Gasteiger partial charge in [-0.1, -0.05) is 18.2 Å². The Labute approximate surface area is 184 Å². The summed E-state index contributed by atoms with van der Waals surface area (Å²) in [5.41, 5.74) is 2.76. The number of fused-ring (bicyclic) bond motifs is 1. The number of rotatable bonds is 7. The SMILES string of the molecule is COc1ccc(CCc2c[nH]c3cccc(O[C@]4(O)[C@@H](O)O[C@H](CO)[C@@H](O)[C@@H]4O)c23)cc1. The highest BCUT2D eigenvalue weighted by molar-refractivity contribution is 5.89. The summed E-state index contributed by atoms with van der Waals surface area (Å²) in [6.45, 7) is -0.645. The first kappa shape index (κ1) is 22.5. The molecule has 32 heavy (non-hydrogen) atoms. The predicted octanol–water partition coefficient (Wildman–Crippen LogP) is 0.460. The zero-order valence-corrected chi connectivity index (χ0v) is 17.5. The quantitative estimate of drug-likeness (QED) is 0.288. The standard InChI is InChI=1S/C23H27NO8/c1-30-15-9-6-13(7-10-15)5-8-14-11-24-16-3-2-4-17(19(14)16)32-23(29)21(27)20(26)18(12-25)31-22(23)28/h2-4,6-7,9-11,18,20-22,24-29H,5,8,12H2,1H3/t18-,20-,21+,22+,23+/m1/s1. The molecule has 2 aromatic carbocycles. The van der Waals surface area contributed by atoms with Gasteiger partial charge in [-0.2, -0.15) is 0 Å². The minimum absolute atomic E-state index is 0.201. The van der Waals surface area contributed by atoms with E-state index in [0.717, 1.165) is 28.8 Å². The van der Waals surface area contributed by atoms with Crippen LogP contribution in [-0.4, -0.2) is 74.6 Å². The first-order valence-electron chi connectivity index (χ1n) is 10.3. The first-order chi connectivity index (χ1) is 15.4. The molecule has 0 unspecified atom stereocenters. The smallest absolute Gasteiger partial charge is 0.288 e. The third kappa shape index (κ3) is 4.06. The summed E-state index contributed by atoms with van der Waals surface area (Å²) < 4.78 is 15.9. The Kier molecular flexibility index (Phi) is 6.38. The molecule has 1 aliphatic rings. The zero-order valence-electron chi connectivity index (χ0n) is 17.5. The third-order valence-electron chi connectivity index (χ3n) is 5.83. The van der Waals surface area contributed by atoms with Gasteiger partial charge in [0.2, 0.25) is 6.29 Å². The van der Waals surface area contributed by atoms with Crippen LogP contribution < -0.4 is 9.47 Å². The van der Waals surface area contributed by atoms with Crippen molar-refractivity contribution in [2.75, 3.05) is 13.7 Å². The number of aromatic nitrogens is 1. The van der Waals surface area contributed by atoms with Crippen LogP contribution in [0.1, 0.15) is 11.1 Å². The van der Waals surface area contributed by atoms with Crippen molar-refractivity contribution in [2.24, 2.45) is 0 Å². The normalized spacial score (nSPS) is 28.1. The Morgan fingerprint density at radius 1 is 1.06 bits per heavy atom. The fourth-order valence-corrected chi connectivity index (χ4v) is 3.95. The fraction of sp³-hybridized carbons (Fsp3) is 0.391. The van der Waals surface area contributed by atoms with Gasteiger partial charge in [0.25, 0.3) is 5.79 Å². The fourth-order valence-electron chi connectivity index (χ4n) is 3.95. The van der Waals surface area contributed by atoms with E-state index >= 15 is 0 Å². The van der Waals surface area contributed by atoms with E-state index in [-0.39, 0.29) is 5.75 Å². The van der Waals surface area contributed by atoms with Crippen molar-refractivity contribution < 1.29 is 39.7 Å². The highest BCUT2D eigenvalue weighted by Gasteiger charge is 2.57. The number of aromatic amines is 1. The van der Waals surface area contributed by atoms with Crippen LogP contribution in [0.3, 0.4) is 0 Å². The molecule has 0 amide bonds. The van der Waals surface area contributed by atoms with Gasteiger partial charge in [0.05, 0.1) is 13.7 Å². The van der Waals surface area contributed by atoms with Crippen molar-refractivity contribution in [1.82, 2.24) is 4.98 Å². The number of H-pyrrole nitrogens is 1. The molecule has 6 N–H and O–H groups in total. The lowest BCUT2D eigenvalue weighted by Gasteiger charge is -2.45. The molecule has 1 aliphatic heterocycles. The van der Waals surface area contributed by atoms with Gasteiger partial charge < -0.3 is 44.7 Å². The monoisotopic (exact) mass is 445 g/mol. The molecule has 2 heterocycles. The number of ether oxygens (including phenoxy) is 3. The van der Waals surface area contributed by atoms with Crippen molar-refractivity contribution in [3.8, 4) is 11.5 Å². The Hall–Kier alpha value is -2.66. The van der Waals surface area contributed by atoms with Crippen LogP contribution in [0.25, 0.3) is 10.9 Å². The van der Waals surface area contributed by atoms with Crippen molar-refractivity contribution in [2.45, 2.75) is 43.2 Å². The second kappa shape index (κ2) is 9.07. The first-order valence-corrected chi connectivity index (χ1v) is 10.3. The lowest BCUT2D eigenvalue weighted by atomic mass is 9.95. The molecule has 0 saturated carbocycles. The highest BCUT2D eigenvalue weighted by Crippen LogP contribution is 2.36. The number of benzene rings is 2. The van der Waals surface area contributed by atoms with Crippen LogP contribution in [-0.2, 0) is 17.6 Å². The maximum Gasteiger partial charge on any atom is 0.288 e. The average molecular weight is 445 g/mol. The molecular weight excluding hydrogens is 418 g/mol. The van der Waals surface area contributed by atoms with E-state index in [2.05, 4.69) is 4.98 Å². The van der Waals surface area contributed by atoms with E-state index < -0.39 is 37.0 Å². The lowest BCUT2D eigenvalue weighted by Crippen LogP contribution is -2.69. The molecule has 3 aromatic rings. The summed E-state index contributed by atoms with van der Waals surface area (Å²) in [5, 5.41) is 51.6. The molecule has 1 fully saturated rings. The number of aliphatic hydroxyl groups is 5. The Balaban J connectivity index is 1.60. The molecule has 1 saturated heterocycles.